The summed E-state index contributed by atoms with van der Waals surface area (Å²) < 4.78 is 0. The fraction of sp³-hybridized carbons (Fsp3) is 0.583. The van der Waals surface area contributed by atoms with E-state index in [0.717, 1.165) is 18.8 Å². The Morgan fingerprint density at radius 1 is 1.50 bits per heavy atom. The van der Waals surface area contributed by atoms with Crippen LogP contribution in [-0.2, 0) is 6.54 Å². The molecule has 1 heterocycles. The number of nitrogens with one attached hydrogen (secondary N) is 1. The van der Waals surface area contributed by atoms with E-state index in [2.05, 4.69) is 15.2 Å². The van der Waals surface area contributed by atoms with Gasteiger partial charge in [0.1, 0.15) is 0 Å². The summed E-state index contributed by atoms with van der Waals surface area (Å²) in [5.41, 5.74) is 2.23. The number of hydrogen-bond acceptors (Lipinski definition) is 5. The first-order valence-electron chi connectivity index (χ1n) is 5.90. The van der Waals surface area contributed by atoms with E-state index in [9.17, 15) is 10.1 Å². The number of nitrogens with zero attached hydrogens (tertiary/aromatic N) is 3. The Hall–Kier alpha value is -1.53. The first kappa shape index (κ1) is 14.5. The molecular formula is C12H20N4O2. The molecule has 0 atom stereocenters. The smallest absolute Gasteiger partial charge is 0.278 e. The van der Waals surface area contributed by atoms with Crippen LogP contribution >= 0.6 is 0 Å². The van der Waals surface area contributed by atoms with E-state index in [1.54, 1.807) is 20.0 Å². The van der Waals surface area contributed by atoms with Crippen molar-refractivity contribution in [3.8, 4) is 0 Å². The second kappa shape index (κ2) is 6.42. The van der Waals surface area contributed by atoms with Crippen molar-refractivity contribution in [1.82, 2.24) is 15.2 Å². The number of rotatable bonds is 6. The first-order valence-corrected chi connectivity index (χ1v) is 5.90. The number of aromatic nitrogens is 1. The van der Waals surface area contributed by atoms with Crippen LogP contribution in [0.4, 0.5) is 5.69 Å². The highest BCUT2D eigenvalue weighted by Crippen LogP contribution is 2.24. The van der Waals surface area contributed by atoms with Gasteiger partial charge < -0.3 is 5.32 Å². The van der Waals surface area contributed by atoms with E-state index < -0.39 is 0 Å². The lowest BCUT2D eigenvalue weighted by atomic mass is 10.1. The van der Waals surface area contributed by atoms with Gasteiger partial charge in [-0.2, -0.15) is 0 Å². The number of hydrogen-bond donors (Lipinski definition) is 1. The Morgan fingerprint density at radius 2 is 2.17 bits per heavy atom. The van der Waals surface area contributed by atoms with Crippen LogP contribution in [-0.4, -0.2) is 42.0 Å². The highest BCUT2D eigenvalue weighted by Gasteiger charge is 2.19. The van der Waals surface area contributed by atoms with Gasteiger partial charge in [-0.05, 0) is 27.9 Å². The van der Waals surface area contributed by atoms with Crippen LogP contribution in [0.5, 0.6) is 0 Å². The Labute approximate surface area is 107 Å². The van der Waals surface area contributed by atoms with Gasteiger partial charge in [0.05, 0.1) is 10.6 Å². The van der Waals surface area contributed by atoms with Crippen LogP contribution in [0, 0.1) is 24.0 Å². The summed E-state index contributed by atoms with van der Waals surface area (Å²) in [5, 5.41) is 14.1. The molecule has 0 aliphatic heterocycles. The normalized spacial score (nSPS) is 10.9. The SMILES string of the molecule is CNCCN(C)Cc1ncc(C)c([N+](=O)[O-])c1C. The predicted molar refractivity (Wildman–Crippen MR) is 70.6 cm³/mol. The predicted octanol–water partition coefficient (Wildman–Crippen LogP) is 1.26. The molecule has 1 N–H and O–H groups in total. The van der Waals surface area contributed by atoms with Gasteiger partial charge >= 0.3 is 0 Å². The van der Waals surface area contributed by atoms with Crippen molar-refractivity contribution in [3.63, 3.8) is 0 Å². The van der Waals surface area contributed by atoms with Crippen molar-refractivity contribution in [1.29, 1.82) is 0 Å². The minimum absolute atomic E-state index is 0.182. The monoisotopic (exact) mass is 252 g/mol. The molecule has 1 rings (SSSR count). The Morgan fingerprint density at radius 3 is 2.72 bits per heavy atom. The molecule has 0 saturated carbocycles. The zero-order chi connectivity index (χ0) is 13.7. The molecule has 0 aliphatic rings. The summed E-state index contributed by atoms with van der Waals surface area (Å²) in [5.74, 6) is 0. The van der Waals surface area contributed by atoms with Gasteiger partial charge in [-0.25, -0.2) is 0 Å². The molecule has 0 aliphatic carbocycles. The van der Waals surface area contributed by atoms with Gasteiger partial charge in [0.15, 0.2) is 0 Å². The third-order valence-corrected chi connectivity index (χ3v) is 2.92. The summed E-state index contributed by atoms with van der Waals surface area (Å²) in [6.45, 7) is 5.85. The van der Waals surface area contributed by atoms with Crippen LogP contribution in [0.15, 0.2) is 6.20 Å². The molecule has 0 unspecified atom stereocenters. The first-order chi connectivity index (χ1) is 8.47. The molecule has 0 bridgehead atoms. The molecule has 0 amide bonds. The highest BCUT2D eigenvalue weighted by molar-refractivity contribution is 5.47. The summed E-state index contributed by atoms with van der Waals surface area (Å²) >= 11 is 0. The zero-order valence-electron chi connectivity index (χ0n) is 11.4. The maximum atomic E-state index is 11.0. The number of pyridine rings is 1. The Balaban J connectivity index is 2.90. The number of aryl methyl sites for hydroxylation is 1. The van der Waals surface area contributed by atoms with Crippen molar-refractivity contribution in [2.75, 3.05) is 27.2 Å². The van der Waals surface area contributed by atoms with Crippen LogP contribution in [0.1, 0.15) is 16.8 Å². The molecule has 6 heteroatoms. The van der Waals surface area contributed by atoms with Crippen LogP contribution < -0.4 is 5.32 Å². The van der Waals surface area contributed by atoms with Crippen molar-refractivity contribution in [3.05, 3.63) is 33.1 Å². The average Bonchev–Trinajstić information content (AvgIpc) is 2.30. The van der Waals surface area contributed by atoms with E-state index in [-0.39, 0.29) is 10.6 Å². The number of likely N-dealkylation sites (N-methyl/N-ethyl adjacent to an activating group) is 2. The molecule has 0 radical (unpaired) electrons. The molecule has 1 aromatic heterocycles. The molecule has 100 valence electrons. The highest BCUT2D eigenvalue weighted by atomic mass is 16.6. The van der Waals surface area contributed by atoms with E-state index in [1.165, 1.54) is 0 Å². The van der Waals surface area contributed by atoms with Crippen LogP contribution in [0.2, 0.25) is 0 Å². The van der Waals surface area contributed by atoms with Crippen LogP contribution in [0.3, 0.4) is 0 Å². The second-order valence-corrected chi connectivity index (χ2v) is 4.46. The van der Waals surface area contributed by atoms with Gasteiger partial charge in [-0.15, -0.1) is 0 Å². The van der Waals surface area contributed by atoms with Crippen molar-refractivity contribution < 1.29 is 4.92 Å². The lowest BCUT2D eigenvalue weighted by Crippen LogP contribution is -2.27. The van der Waals surface area contributed by atoms with Gasteiger partial charge in [0.25, 0.3) is 5.69 Å². The lowest BCUT2D eigenvalue weighted by Gasteiger charge is -2.17. The molecule has 0 spiro atoms. The third-order valence-electron chi connectivity index (χ3n) is 2.92. The summed E-state index contributed by atoms with van der Waals surface area (Å²) in [6, 6.07) is 0. The summed E-state index contributed by atoms with van der Waals surface area (Å²) in [4.78, 5) is 17.1. The molecule has 0 aromatic carbocycles. The van der Waals surface area contributed by atoms with Gasteiger partial charge in [0, 0.05) is 37.0 Å². The summed E-state index contributed by atoms with van der Waals surface area (Å²) in [6.07, 6.45) is 1.58. The van der Waals surface area contributed by atoms with Crippen molar-refractivity contribution in [2.45, 2.75) is 20.4 Å². The molecule has 18 heavy (non-hydrogen) atoms. The molecule has 0 saturated heterocycles. The Bertz CT molecular complexity index is 434. The van der Waals surface area contributed by atoms with E-state index in [1.807, 2.05) is 14.1 Å². The zero-order valence-corrected chi connectivity index (χ0v) is 11.4. The molecule has 6 nitrogen and oxygen atoms in total. The number of nitro groups is 1. The van der Waals surface area contributed by atoms with Crippen molar-refractivity contribution in [2.24, 2.45) is 0 Å². The van der Waals surface area contributed by atoms with E-state index in [0.29, 0.717) is 17.7 Å². The second-order valence-electron chi connectivity index (χ2n) is 4.46. The maximum Gasteiger partial charge on any atom is 0.278 e. The minimum Gasteiger partial charge on any atom is -0.318 e. The van der Waals surface area contributed by atoms with Crippen LogP contribution in [0.25, 0.3) is 0 Å². The molecule has 1 aromatic rings. The lowest BCUT2D eigenvalue weighted by molar-refractivity contribution is -0.386. The largest absolute Gasteiger partial charge is 0.318 e. The quantitative estimate of drug-likeness (QED) is 0.609. The molecule has 0 fully saturated rings. The topological polar surface area (TPSA) is 71.3 Å². The Kier molecular flexibility index (Phi) is 5.18. The van der Waals surface area contributed by atoms with E-state index in [4.69, 9.17) is 0 Å². The third kappa shape index (κ3) is 3.48. The standard InChI is InChI=1S/C12H20N4O2/c1-9-7-14-11(8-15(4)6-5-13-3)10(2)12(9)16(17)18/h7,13H,5-6,8H2,1-4H3. The average molecular weight is 252 g/mol. The fourth-order valence-corrected chi connectivity index (χ4v) is 1.84. The van der Waals surface area contributed by atoms with E-state index >= 15 is 0 Å². The fourth-order valence-electron chi connectivity index (χ4n) is 1.84. The summed E-state index contributed by atoms with van der Waals surface area (Å²) in [7, 11) is 3.87. The van der Waals surface area contributed by atoms with Gasteiger partial charge in [-0.3, -0.25) is 20.0 Å². The van der Waals surface area contributed by atoms with Gasteiger partial charge in [0.2, 0.25) is 0 Å². The van der Waals surface area contributed by atoms with Gasteiger partial charge in [-0.1, -0.05) is 0 Å². The van der Waals surface area contributed by atoms with Crippen molar-refractivity contribution >= 4 is 5.69 Å². The molecular weight excluding hydrogens is 232 g/mol. The minimum atomic E-state index is -0.330. The maximum absolute atomic E-state index is 11.0.